The van der Waals surface area contributed by atoms with Crippen LogP contribution in [0, 0.1) is 10.1 Å². The van der Waals surface area contributed by atoms with Crippen molar-refractivity contribution in [3.8, 4) is 5.69 Å². The quantitative estimate of drug-likeness (QED) is 0.303. The van der Waals surface area contributed by atoms with Gasteiger partial charge in [0.15, 0.2) is 0 Å². The topological polar surface area (TPSA) is 83.0 Å². The fourth-order valence-electron chi connectivity index (χ4n) is 3.90. The zero-order valence-electron chi connectivity index (χ0n) is 17.2. The van der Waals surface area contributed by atoms with Crippen molar-refractivity contribution in [3.63, 3.8) is 0 Å². The molecule has 0 fully saturated rings. The lowest BCUT2D eigenvalue weighted by atomic mass is 10.1. The summed E-state index contributed by atoms with van der Waals surface area (Å²) in [4.78, 5) is 28.6. The van der Waals surface area contributed by atoms with Crippen molar-refractivity contribution >= 4 is 39.6 Å². The lowest BCUT2D eigenvalue weighted by molar-refractivity contribution is -0.384. The molecule has 0 saturated heterocycles. The maximum Gasteiger partial charge on any atom is 0.269 e. The highest BCUT2D eigenvalue weighted by molar-refractivity contribution is 5.92. The number of nitro groups is 1. The molecule has 32 heavy (non-hydrogen) atoms. The highest BCUT2D eigenvalue weighted by atomic mass is 16.6. The van der Waals surface area contributed by atoms with Crippen LogP contribution in [0.25, 0.3) is 39.6 Å². The van der Waals surface area contributed by atoms with E-state index in [1.54, 1.807) is 36.4 Å². The van der Waals surface area contributed by atoms with Crippen LogP contribution in [0.4, 0.5) is 5.69 Å². The summed E-state index contributed by atoms with van der Waals surface area (Å²) in [6.45, 7) is 0. The first-order chi connectivity index (χ1) is 15.5. The summed E-state index contributed by atoms with van der Waals surface area (Å²) < 4.78 is 3.53. The van der Waals surface area contributed by atoms with Crippen molar-refractivity contribution in [2.75, 3.05) is 0 Å². The molecular formula is C25H18N4O3. The number of benzene rings is 3. The first-order valence-electron chi connectivity index (χ1n) is 10.0. The predicted molar refractivity (Wildman–Crippen MR) is 126 cm³/mol. The molecule has 0 saturated carbocycles. The maximum atomic E-state index is 13.3. The van der Waals surface area contributed by atoms with Crippen molar-refractivity contribution in [2.45, 2.75) is 0 Å². The molecule has 0 aliphatic carbocycles. The van der Waals surface area contributed by atoms with Gasteiger partial charge in [0.1, 0.15) is 5.82 Å². The fraction of sp³-hybridized carbons (Fsp3) is 0.0400. The van der Waals surface area contributed by atoms with E-state index in [0.29, 0.717) is 22.4 Å². The Hall–Kier alpha value is -4.52. The second-order valence-electron chi connectivity index (χ2n) is 7.45. The third-order valence-electron chi connectivity index (χ3n) is 5.46. The summed E-state index contributed by atoms with van der Waals surface area (Å²) >= 11 is 0. The van der Waals surface area contributed by atoms with Crippen LogP contribution >= 0.6 is 0 Å². The van der Waals surface area contributed by atoms with Gasteiger partial charge >= 0.3 is 0 Å². The largest absolute Gasteiger partial charge is 0.350 e. The zero-order chi connectivity index (χ0) is 22.2. The fourth-order valence-corrected chi connectivity index (χ4v) is 3.90. The monoisotopic (exact) mass is 422 g/mol. The van der Waals surface area contributed by atoms with E-state index in [1.165, 1.54) is 16.7 Å². The van der Waals surface area contributed by atoms with Crippen LogP contribution < -0.4 is 5.56 Å². The van der Waals surface area contributed by atoms with E-state index >= 15 is 0 Å². The predicted octanol–water partition coefficient (Wildman–Crippen LogP) is 4.96. The number of non-ortho nitro benzene ring substituents is 1. The van der Waals surface area contributed by atoms with E-state index in [0.717, 1.165) is 16.5 Å². The van der Waals surface area contributed by atoms with Gasteiger partial charge in [-0.15, -0.1) is 0 Å². The Bertz CT molecular complexity index is 1580. The van der Waals surface area contributed by atoms with E-state index in [9.17, 15) is 14.9 Å². The van der Waals surface area contributed by atoms with Gasteiger partial charge in [0, 0.05) is 41.8 Å². The number of aryl methyl sites for hydroxylation is 1. The molecule has 0 amide bonds. The summed E-state index contributed by atoms with van der Waals surface area (Å²) in [5.74, 6) is 0.440. The average molecular weight is 422 g/mol. The summed E-state index contributed by atoms with van der Waals surface area (Å²) in [5, 5.41) is 12.6. The number of hydrogen-bond acceptors (Lipinski definition) is 4. The Morgan fingerprint density at radius 3 is 2.34 bits per heavy atom. The van der Waals surface area contributed by atoms with Crippen LogP contribution in [0.2, 0.25) is 0 Å². The first-order valence-corrected chi connectivity index (χ1v) is 10.0. The summed E-state index contributed by atoms with van der Waals surface area (Å²) in [7, 11) is 1.99. The molecule has 3 aromatic carbocycles. The molecule has 0 unspecified atom stereocenters. The molecule has 2 aromatic heterocycles. The normalized spacial score (nSPS) is 11.5. The SMILES string of the molecule is Cn1cc(/C=C/c2nc3ccccc3c(=O)n2-c2ccc([N+](=O)[O-])cc2)c2ccccc21. The van der Waals surface area contributed by atoms with Crippen molar-refractivity contribution in [3.05, 3.63) is 111 Å². The van der Waals surface area contributed by atoms with Gasteiger partial charge in [-0.05, 0) is 42.5 Å². The molecule has 0 bridgehead atoms. The molecule has 0 atom stereocenters. The van der Waals surface area contributed by atoms with E-state index in [1.807, 2.05) is 54.2 Å². The van der Waals surface area contributed by atoms with Crippen LogP contribution in [-0.4, -0.2) is 19.0 Å². The van der Waals surface area contributed by atoms with E-state index in [2.05, 4.69) is 0 Å². The van der Waals surface area contributed by atoms with Crippen molar-refractivity contribution < 1.29 is 4.92 Å². The minimum atomic E-state index is -0.466. The van der Waals surface area contributed by atoms with Crippen LogP contribution in [-0.2, 0) is 7.05 Å². The van der Waals surface area contributed by atoms with Crippen LogP contribution in [0.5, 0.6) is 0 Å². The molecule has 7 heteroatoms. The van der Waals surface area contributed by atoms with Crippen LogP contribution in [0.3, 0.4) is 0 Å². The highest BCUT2D eigenvalue weighted by Gasteiger charge is 2.13. The zero-order valence-corrected chi connectivity index (χ0v) is 17.2. The molecule has 7 nitrogen and oxygen atoms in total. The number of rotatable bonds is 4. The highest BCUT2D eigenvalue weighted by Crippen LogP contribution is 2.23. The minimum absolute atomic E-state index is 0.0385. The third-order valence-corrected chi connectivity index (χ3v) is 5.46. The van der Waals surface area contributed by atoms with Gasteiger partial charge in [-0.3, -0.25) is 19.5 Å². The number of nitrogens with zero attached hydrogens (tertiary/aromatic N) is 4. The number of para-hydroxylation sites is 2. The van der Waals surface area contributed by atoms with E-state index in [4.69, 9.17) is 4.98 Å². The van der Waals surface area contributed by atoms with Gasteiger partial charge < -0.3 is 4.57 Å². The average Bonchev–Trinajstić information content (AvgIpc) is 3.14. The molecule has 0 radical (unpaired) electrons. The molecule has 5 aromatic rings. The second-order valence-corrected chi connectivity index (χ2v) is 7.45. The van der Waals surface area contributed by atoms with Gasteiger partial charge in [-0.25, -0.2) is 4.98 Å². The van der Waals surface area contributed by atoms with Gasteiger partial charge in [-0.2, -0.15) is 0 Å². The molecule has 0 aliphatic heterocycles. The maximum absolute atomic E-state index is 13.3. The molecule has 0 spiro atoms. The molecule has 0 aliphatic rings. The lowest BCUT2D eigenvalue weighted by Gasteiger charge is -2.11. The second kappa shape index (κ2) is 7.63. The first kappa shape index (κ1) is 19.4. The van der Waals surface area contributed by atoms with Crippen molar-refractivity contribution in [1.82, 2.24) is 14.1 Å². The Kier molecular flexibility index (Phi) is 4.63. The molecule has 5 rings (SSSR count). The van der Waals surface area contributed by atoms with Gasteiger partial charge in [0.2, 0.25) is 0 Å². The number of aromatic nitrogens is 3. The van der Waals surface area contributed by atoms with E-state index in [-0.39, 0.29) is 11.2 Å². The number of fused-ring (bicyclic) bond motifs is 2. The number of hydrogen-bond donors (Lipinski definition) is 0. The Morgan fingerprint density at radius 2 is 1.59 bits per heavy atom. The molecular weight excluding hydrogens is 404 g/mol. The Labute approximate surface area is 182 Å². The van der Waals surface area contributed by atoms with Crippen molar-refractivity contribution in [2.24, 2.45) is 7.05 Å². The lowest BCUT2D eigenvalue weighted by Crippen LogP contribution is -2.22. The van der Waals surface area contributed by atoms with Crippen molar-refractivity contribution in [1.29, 1.82) is 0 Å². The Morgan fingerprint density at radius 1 is 0.906 bits per heavy atom. The Balaban J connectivity index is 1.71. The summed E-state index contributed by atoms with van der Waals surface area (Å²) in [6.07, 6.45) is 5.76. The van der Waals surface area contributed by atoms with Gasteiger partial charge in [0.05, 0.1) is 21.5 Å². The van der Waals surface area contributed by atoms with E-state index < -0.39 is 4.92 Å². The van der Waals surface area contributed by atoms with Crippen LogP contribution in [0.1, 0.15) is 11.4 Å². The molecule has 156 valence electrons. The van der Waals surface area contributed by atoms with Crippen LogP contribution in [0.15, 0.2) is 83.8 Å². The summed E-state index contributed by atoms with van der Waals surface area (Å²) in [5.41, 5.74) is 2.93. The van der Waals surface area contributed by atoms with Gasteiger partial charge in [0.25, 0.3) is 11.2 Å². The summed E-state index contributed by atoms with van der Waals surface area (Å²) in [6, 6.07) is 21.1. The molecule has 0 N–H and O–H groups in total. The minimum Gasteiger partial charge on any atom is -0.350 e. The van der Waals surface area contributed by atoms with Gasteiger partial charge in [-0.1, -0.05) is 30.3 Å². The molecule has 2 heterocycles. The smallest absolute Gasteiger partial charge is 0.269 e. The number of nitro benzene ring substituents is 1. The standard InChI is InChI=1S/C25H18N4O3/c1-27-16-17(20-6-3-5-9-23(20)27)10-15-24-26-22-8-4-2-7-21(22)25(30)28(24)18-11-13-19(14-12-18)29(31)32/h2-16H,1H3/b15-10+. The third kappa shape index (κ3) is 3.26.